The van der Waals surface area contributed by atoms with E-state index in [1.54, 1.807) is 0 Å². The molecule has 0 aromatic heterocycles. The summed E-state index contributed by atoms with van der Waals surface area (Å²) in [5.74, 6) is -16.7. The summed E-state index contributed by atoms with van der Waals surface area (Å²) >= 11 is 0. The Morgan fingerprint density at radius 2 is 1.43 bits per heavy atom. The maximum absolute atomic E-state index is 15.3. The van der Waals surface area contributed by atoms with Gasteiger partial charge in [0, 0.05) is 30.1 Å². The van der Waals surface area contributed by atoms with E-state index < -0.39 is 186 Å². The molecule has 26 heteroatoms. The summed E-state index contributed by atoms with van der Waals surface area (Å²) in [7, 11) is 0. The van der Waals surface area contributed by atoms with Crippen molar-refractivity contribution in [3.05, 3.63) is 106 Å². The third kappa shape index (κ3) is 11.2. The number of aliphatic carboxylic acids is 2. The van der Waals surface area contributed by atoms with Gasteiger partial charge in [0.25, 0.3) is 0 Å². The van der Waals surface area contributed by atoms with Crippen LogP contribution in [0.25, 0.3) is 12.2 Å². The van der Waals surface area contributed by atoms with Crippen LogP contribution in [0.2, 0.25) is 0 Å². The molecule has 0 saturated carbocycles. The predicted molar refractivity (Wildman–Crippen MR) is 240 cm³/mol. The number of aliphatic hydroxyl groups is 8. The Kier molecular flexibility index (Phi) is 16.2. The van der Waals surface area contributed by atoms with Gasteiger partial charge in [-0.3, -0.25) is 4.79 Å². The largest absolute Gasteiger partial charge is 0.504 e. The molecule has 1 saturated heterocycles. The Balaban J connectivity index is 1.37. The lowest BCUT2D eigenvalue weighted by Crippen LogP contribution is -2.60. The average molecular weight is 1040 g/mol. The van der Waals surface area contributed by atoms with E-state index in [0.717, 1.165) is 66.8 Å². The number of fused-ring (bicyclic) bond motifs is 1. The number of carboxylic acids is 2. The van der Waals surface area contributed by atoms with Crippen LogP contribution < -0.4 is 4.74 Å². The molecular weight excluding hydrogens is 993 g/mol. The average Bonchev–Trinajstić information content (AvgIpc) is 3.36. The fraction of sp³-hybridized carbons (Fsp3) is 0.354. The van der Waals surface area contributed by atoms with Gasteiger partial charge in [0.05, 0.1) is 24.7 Å². The zero-order valence-electron chi connectivity index (χ0n) is 37.9. The highest BCUT2D eigenvalue weighted by Gasteiger charge is 2.50. The first-order valence-electron chi connectivity index (χ1n) is 22.1. The lowest BCUT2D eigenvalue weighted by atomic mass is 9.71. The normalized spacial score (nSPS) is 29.0. The number of aromatic hydroxyl groups is 5. The van der Waals surface area contributed by atoms with Crippen molar-refractivity contribution in [3.8, 4) is 34.5 Å². The van der Waals surface area contributed by atoms with Gasteiger partial charge < -0.3 is 105 Å². The Morgan fingerprint density at radius 1 is 0.743 bits per heavy atom. The number of carbonyl (C=O) groups is 5. The smallest absolute Gasteiger partial charge is 0.370 e. The molecule has 396 valence electrons. The number of hydrogen-bond donors (Lipinski definition) is 15. The van der Waals surface area contributed by atoms with Crippen LogP contribution in [0.1, 0.15) is 34.6 Å². The SMILES string of the molecule is O=C(/C=C/c1ccc(O)c(O)c1)O[C@H]1[C@@H]([C@@H](O)CO)OC(C(=O)O)=C[C@H]1OC(=O)[C@@H]1C(C(=O)O[C@@H]2CC(C(=O)O)=C[C@@H](O)[C@H]2O)=Cc2cc(O)c(O[C@@H]3O[C@H](CO)[C@@H](O)[C@H](O)[C@H]3O)cc2[C@H]1c1ccc(O)c(O)c1. The molecule has 15 N–H and O–H groups in total. The van der Waals surface area contributed by atoms with Crippen LogP contribution in [0.5, 0.6) is 34.5 Å². The topological polar surface area (TPSA) is 444 Å². The highest BCUT2D eigenvalue weighted by molar-refractivity contribution is 6.02. The molecule has 0 bridgehead atoms. The van der Waals surface area contributed by atoms with Gasteiger partial charge in [-0.2, -0.15) is 0 Å². The van der Waals surface area contributed by atoms with Gasteiger partial charge in [0.2, 0.25) is 12.0 Å². The summed E-state index contributed by atoms with van der Waals surface area (Å²) in [6.07, 6.45) is -19.7. The van der Waals surface area contributed by atoms with Crippen molar-refractivity contribution in [1.82, 2.24) is 0 Å². The summed E-state index contributed by atoms with van der Waals surface area (Å²) in [5.41, 5.74) is -1.61. The number of ether oxygens (including phenoxy) is 6. The third-order valence-electron chi connectivity index (χ3n) is 12.4. The van der Waals surface area contributed by atoms with E-state index in [9.17, 15) is 95.8 Å². The first-order chi connectivity index (χ1) is 35.0. The summed E-state index contributed by atoms with van der Waals surface area (Å²) in [6.45, 7) is -2.05. The summed E-state index contributed by atoms with van der Waals surface area (Å²) in [5, 5.41) is 156. The minimum atomic E-state index is -2.17. The van der Waals surface area contributed by atoms with Crippen molar-refractivity contribution in [3.63, 3.8) is 0 Å². The second-order valence-corrected chi connectivity index (χ2v) is 17.2. The van der Waals surface area contributed by atoms with Crippen molar-refractivity contribution in [2.75, 3.05) is 13.2 Å². The Morgan fingerprint density at radius 3 is 2.07 bits per heavy atom. The fourth-order valence-corrected chi connectivity index (χ4v) is 8.59. The zero-order valence-corrected chi connectivity index (χ0v) is 37.9. The van der Waals surface area contributed by atoms with Gasteiger partial charge in [0.1, 0.15) is 48.8 Å². The fourth-order valence-electron chi connectivity index (χ4n) is 8.59. The molecule has 0 amide bonds. The number of carbonyl (C=O) groups excluding carboxylic acids is 3. The van der Waals surface area contributed by atoms with Crippen LogP contribution in [0.15, 0.2) is 83.7 Å². The molecule has 26 nitrogen and oxygen atoms in total. The molecular formula is C48H48O26. The molecule has 3 aromatic rings. The summed E-state index contributed by atoms with van der Waals surface area (Å²) in [6, 6.07) is 8.42. The zero-order chi connectivity index (χ0) is 54.0. The van der Waals surface area contributed by atoms with E-state index in [0.29, 0.717) is 6.08 Å². The minimum Gasteiger partial charge on any atom is -0.504 e. The van der Waals surface area contributed by atoms with Crippen LogP contribution in [-0.4, -0.2) is 193 Å². The van der Waals surface area contributed by atoms with E-state index in [1.165, 1.54) is 6.07 Å². The van der Waals surface area contributed by atoms with Gasteiger partial charge in [0.15, 0.2) is 52.8 Å². The van der Waals surface area contributed by atoms with Crippen LogP contribution >= 0.6 is 0 Å². The van der Waals surface area contributed by atoms with E-state index in [-0.39, 0.29) is 22.3 Å². The lowest BCUT2D eigenvalue weighted by molar-refractivity contribution is -0.277. The number of rotatable bonds is 15. The molecule has 0 spiro atoms. The quantitative estimate of drug-likeness (QED) is 0.0334. The monoisotopic (exact) mass is 1040 g/mol. The van der Waals surface area contributed by atoms with E-state index in [2.05, 4.69) is 0 Å². The number of benzene rings is 3. The Labute approximate surface area is 415 Å². The Hall–Kier alpha value is -7.79. The first-order valence-corrected chi connectivity index (χ1v) is 22.1. The van der Waals surface area contributed by atoms with Crippen molar-refractivity contribution < 1.29 is 129 Å². The van der Waals surface area contributed by atoms with E-state index in [4.69, 9.17) is 28.4 Å². The van der Waals surface area contributed by atoms with Crippen LogP contribution in [0.3, 0.4) is 0 Å². The maximum Gasteiger partial charge on any atom is 0.370 e. The first kappa shape index (κ1) is 54.0. The number of esters is 3. The molecule has 14 atom stereocenters. The highest BCUT2D eigenvalue weighted by Crippen LogP contribution is 2.49. The Bertz CT molecular complexity index is 2800. The highest BCUT2D eigenvalue weighted by atomic mass is 16.7. The molecule has 2 heterocycles. The lowest BCUT2D eigenvalue weighted by Gasteiger charge is -2.40. The minimum absolute atomic E-state index is 0.135. The molecule has 4 aliphatic rings. The van der Waals surface area contributed by atoms with Gasteiger partial charge in [-0.05, 0) is 76.9 Å². The van der Waals surface area contributed by atoms with Gasteiger partial charge in [-0.25, -0.2) is 19.2 Å². The van der Waals surface area contributed by atoms with Gasteiger partial charge >= 0.3 is 29.8 Å². The van der Waals surface area contributed by atoms with Crippen LogP contribution in [-0.2, 0) is 47.7 Å². The van der Waals surface area contributed by atoms with E-state index >= 15 is 4.79 Å². The number of hydrogen-bond acceptors (Lipinski definition) is 24. The molecule has 0 unspecified atom stereocenters. The molecule has 7 rings (SSSR count). The second-order valence-electron chi connectivity index (χ2n) is 17.2. The number of carboxylic acid groups (broad SMARTS) is 2. The number of phenols is 5. The summed E-state index contributed by atoms with van der Waals surface area (Å²) in [4.78, 5) is 67.7. The molecule has 0 radical (unpaired) electrons. The molecule has 2 aliphatic heterocycles. The number of phenolic OH excluding ortho intramolecular Hbond substituents is 5. The third-order valence-corrected chi connectivity index (χ3v) is 12.4. The second kappa shape index (κ2) is 22.1. The van der Waals surface area contributed by atoms with E-state index in [1.807, 2.05) is 0 Å². The number of aliphatic hydroxyl groups excluding tert-OH is 8. The molecule has 3 aromatic carbocycles. The van der Waals surface area contributed by atoms with Crippen LogP contribution in [0.4, 0.5) is 0 Å². The van der Waals surface area contributed by atoms with Gasteiger partial charge in [-0.1, -0.05) is 12.1 Å². The van der Waals surface area contributed by atoms with Crippen molar-refractivity contribution in [1.29, 1.82) is 0 Å². The predicted octanol–water partition coefficient (Wildman–Crippen LogP) is -2.16. The van der Waals surface area contributed by atoms with Crippen LogP contribution in [0, 0.1) is 5.92 Å². The van der Waals surface area contributed by atoms with Gasteiger partial charge in [-0.15, -0.1) is 0 Å². The van der Waals surface area contributed by atoms with Crippen molar-refractivity contribution >= 4 is 42.0 Å². The maximum atomic E-state index is 15.3. The molecule has 74 heavy (non-hydrogen) atoms. The van der Waals surface area contributed by atoms with Crippen molar-refractivity contribution in [2.24, 2.45) is 5.92 Å². The molecule has 1 fully saturated rings. The molecule has 2 aliphatic carbocycles. The standard InChI is InChI=1S/C48H48O26/c49-15-29(57)42-43(74-35(58)6-2-17-1-4-23(51)25(53)7-17)32(14-33(69-42)45(65)66)71-47(68)37-22(46(67)70-31-12-20(44(63)64)11-28(56)38(31)59)8-19-10-27(55)30(72-48-41(62)40(61)39(60)34(16-50)73-48)13-21(19)36(37)18-3-5-24(52)26(54)9-18/h1-11,13-14,28-29,31-32,34,36-43,48-57,59-62H,12,15-16H2,(H,63,64)(H,65,66)/b6-2+/t28-,29+,31-,32-,34-,36-,37-,38-,39-,40+,41-,42-,43-,48-/m1/s1. The summed E-state index contributed by atoms with van der Waals surface area (Å²) < 4.78 is 33.6. The van der Waals surface area contributed by atoms with Crippen molar-refractivity contribution in [2.45, 2.75) is 85.8 Å².